The van der Waals surface area contributed by atoms with Crippen LogP contribution in [0.3, 0.4) is 0 Å². The van der Waals surface area contributed by atoms with Crippen molar-refractivity contribution < 1.29 is 14.3 Å². The Morgan fingerprint density at radius 1 is 0.889 bits per heavy atom. The third-order valence-corrected chi connectivity index (χ3v) is 3.99. The molecule has 6 nitrogen and oxygen atoms in total. The summed E-state index contributed by atoms with van der Waals surface area (Å²) in [6, 6.07) is 16.3. The molecule has 0 spiro atoms. The fourth-order valence-electron chi connectivity index (χ4n) is 2.52. The topological polar surface area (TPSA) is 79.5 Å². The summed E-state index contributed by atoms with van der Waals surface area (Å²) in [6.07, 6.45) is -0.546. The Morgan fingerprint density at radius 2 is 1.56 bits per heavy atom. The van der Waals surface area contributed by atoms with Gasteiger partial charge in [0.1, 0.15) is 12.1 Å². The van der Waals surface area contributed by atoms with Crippen molar-refractivity contribution in [2.45, 2.75) is 39.0 Å². The molecule has 2 aromatic carbocycles. The summed E-state index contributed by atoms with van der Waals surface area (Å²) >= 11 is 0. The first-order chi connectivity index (χ1) is 12.9. The lowest BCUT2D eigenvalue weighted by Gasteiger charge is -2.22. The van der Waals surface area contributed by atoms with Gasteiger partial charge >= 0.3 is 0 Å². The Kier molecular flexibility index (Phi) is 7.37. The molecule has 0 heterocycles. The standard InChI is InChI=1S/C21H27N3O3/c1-14(2)22-21(26)19(16-9-6-5-7-10-16)23-17-11-8-12-18(13-17)24-20(25)15(3)27-4/h5-15,19,23H,1-4H3,(H,22,26)(H,24,25)/t15-,19+/m0/s1. The quantitative estimate of drug-likeness (QED) is 0.667. The summed E-state index contributed by atoms with van der Waals surface area (Å²) in [4.78, 5) is 24.7. The molecule has 2 atom stereocenters. The zero-order valence-electron chi connectivity index (χ0n) is 16.2. The molecule has 0 saturated heterocycles. The van der Waals surface area contributed by atoms with E-state index in [0.717, 1.165) is 11.3 Å². The number of ether oxygens (including phenoxy) is 1. The van der Waals surface area contributed by atoms with Crippen LogP contribution in [-0.2, 0) is 14.3 Å². The van der Waals surface area contributed by atoms with Gasteiger partial charge in [-0.15, -0.1) is 0 Å². The van der Waals surface area contributed by atoms with E-state index in [-0.39, 0.29) is 17.9 Å². The molecule has 2 rings (SSSR count). The van der Waals surface area contributed by atoms with Gasteiger partial charge in [0.05, 0.1) is 0 Å². The van der Waals surface area contributed by atoms with Crippen molar-refractivity contribution in [1.82, 2.24) is 5.32 Å². The van der Waals surface area contributed by atoms with Crippen molar-refractivity contribution in [3.8, 4) is 0 Å². The lowest BCUT2D eigenvalue weighted by molar-refractivity contribution is -0.124. The number of amides is 2. The van der Waals surface area contributed by atoms with Gasteiger partial charge in [0, 0.05) is 24.5 Å². The van der Waals surface area contributed by atoms with Crippen LogP contribution in [0.4, 0.5) is 11.4 Å². The molecular formula is C21H27N3O3. The van der Waals surface area contributed by atoms with E-state index in [1.807, 2.05) is 56.3 Å². The summed E-state index contributed by atoms with van der Waals surface area (Å²) in [6.45, 7) is 5.53. The molecule has 2 aromatic rings. The van der Waals surface area contributed by atoms with E-state index in [1.165, 1.54) is 7.11 Å². The first kappa shape index (κ1) is 20.5. The lowest BCUT2D eigenvalue weighted by atomic mass is 10.1. The van der Waals surface area contributed by atoms with E-state index in [4.69, 9.17) is 4.74 Å². The fraction of sp³-hybridized carbons (Fsp3) is 0.333. The molecule has 2 amide bonds. The maximum Gasteiger partial charge on any atom is 0.253 e. The summed E-state index contributed by atoms with van der Waals surface area (Å²) in [5.41, 5.74) is 2.22. The molecule has 0 saturated carbocycles. The van der Waals surface area contributed by atoms with E-state index in [1.54, 1.807) is 19.1 Å². The molecule has 0 aliphatic rings. The van der Waals surface area contributed by atoms with Crippen LogP contribution in [0.15, 0.2) is 54.6 Å². The average Bonchev–Trinajstić information content (AvgIpc) is 2.65. The average molecular weight is 369 g/mol. The third kappa shape index (κ3) is 6.11. The molecule has 0 fully saturated rings. The van der Waals surface area contributed by atoms with Gasteiger partial charge < -0.3 is 20.7 Å². The number of hydrogen-bond acceptors (Lipinski definition) is 4. The molecule has 27 heavy (non-hydrogen) atoms. The van der Waals surface area contributed by atoms with Crippen LogP contribution in [0.25, 0.3) is 0 Å². The Balaban J connectivity index is 2.21. The maximum absolute atomic E-state index is 12.7. The van der Waals surface area contributed by atoms with Gasteiger partial charge in [0.2, 0.25) is 5.91 Å². The number of hydrogen-bond donors (Lipinski definition) is 3. The van der Waals surface area contributed by atoms with Crippen molar-refractivity contribution in [2.24, 2.45) is 0 Å². The third-order valence-electron chi connectivity index (χ3n) is 3.99. The van der Waals surface area contributed by atoms with Crippen molar-refractivity contribution in [1.29, 1.82) is 0 Å². The number of benzene rings is 2. The van der Waals surface area contributed by atoms with Crippen LogP contribution in [0.5, 0.6) is 0 Å². The van der Waals surface area contributed by atoms with Crippen LogP contribution >= 0.6 is 0 Å². The van der Waals surface area contributed by atoms with Crippen molar-refractivity contribution in [2.75, 3.05) is 17.7 Å². The van der Waals surface area contributed by atoms with E-state index in [0.29, 0.717) is 5.69 Å². The maximum atomic E-state index is 12.7. The van der Waals surface area contributed by atoms with Gasteiger partial charge in [-0.25, -0.2) is 0 Å². The summed E-state index contributed by atoms with van der Waals surface area (Å²) in [5, 5.41) is 9.01. The van der Waals surface area contributed by atoms with Gasteiger partial charge in [-0.05, 0) is 44.5 Å². The lowest BCUT2D eigenvalue weighted by Crippen LogP contribution is -2.37. The molecule has 0 bridgehead atoms. The molecule has 3 N–H and O–H groups in total. The van der Waals surface area contributed by atoms with Gasteiger partial charge in [-0.1, -0.05) is 36.4 Å². The highest BCUT2D eigenvalue weighted by Crippen LogP contribution is 2.23. The minimum Gasteiger partial charge on any atom is -0.372 e. The molecule has 0 radical (unpaired) electrons. The highest BCUT2D eigenvalue weighted by molar-refractivity contribution is 5.94. The van der Waals surface area contributed by atoms with E-state index >= 15 is 0 Å². The monoisotopic (exact) mass is 369 g/mol. The molecule has 0 aromatic heterocycles. The molecule has 0 aliphatic carbocycles. The zero-order valence-corrected chi connectivity index (χ0v) is 16.2. The number of nitrogens with one attached hydrogen (secondary N) is 3. The minimum absolute atomic E-state index is 0.0340. The summed E-state index contributed by atoms with van der Waals surface area (Å²) in [7, 11) is 1.49. The second kappa shape index (κ2) is 9.73. The molecule has 144 valence electrons. The predicted octanol–water partition coefficient (Wildman–Crippen LogP) is 3.34. The predicted molar refractivity (Wildman–Crippen MR) is 108 cm³/mol. The van der Waals surface area contributed by atoms with E-state index in [2.05, 4.69) is 16.0 Å². The first-order valence-corrected chi connectivity index (χ1v) is 8.96. The molecule has 6 heteroatoms. The van der Waals surface area contributed by atoms with Crippen LogP contribution in [0, 0.1) is 0 Å². The fourth-order valence-corrected chi connectivity index (χ4v) is 2.52. The van der Waals surface area contributed by atoms with Crippen LogP contribution in [-0.4, -0.2) is 31.1 Å². The van der Waals surface area contributed by atoms with Gasteiger partial charge in [0.15, 0.2) is 0 Å². The van der Waals surface area contributed by atoms with Crippen LogP contribution in [0.2, 0.25) is 0 Å². The molecule has 0 unspecified atom stereocenters. The smallest absolute Gasteiger partial charge is 0.253 e. The Morgan fingerprint density at radius 3 is 2.19 bits per heavy atom. The normalized spacial score (nSPS) is 12.9. The number of anilines is 2. The largest absolute Gasteiger partial charge is 0.372 e. The van der Waals surface area contributed by atoms with Crippen molar-refractivity contribution in [3.63, 3.8) is 0 Å². The van der Waals surface area contributed by atoms with E-state index in [9.17, 15) is 9.59 Å². The van der Waals surface area contributed by atoms with Gasteiger partial charge in [-0.3, -0.25) is 9.59 Å². The van der Waals surface area contributed by atoms with Gasteiger partial charge in [0.25, 0.3) is 5.91 Å². The first-order valence-electron chi connectivity index (χ1n) is 8.96. The van der Waals surface area contributed by atoms with Crippen LogP contribution in [0.1, 0.15) is 32.4 Å². The molecule has 0 aliphatic heterocycles. The van der Waals surface area contributed by atoms with Crippen molar-refractivity contribution >= 4 is 23.2 Å². The summed E-state index contributed by atoms with van der Waals surface area (Å²) < 4.78 is 5.02. The Hall–Kier alpha value is -2.86. The second-order valence-corrected chi connectivity index (χ2v) is 6.60. The second-order valence-electron chi connectivity index (χ2n) is 6.60. The minimum atomic E-state index is -0.546. The Labute approximate surface area is 160 Å². The zero-order chi connectivity index (χ0) is 19.8. The number of methoxy groups -OCH3 is 1. The highest BCUT2D eigenvalue weighted by atomic mass is 16.5. The summed E-state index contributed by atoms with van der Waals surface area (Å²) in [5.74, 6) is -0.342. The number of carbonyl (C=O) groups is 2. The highest BCUT2D eigenvalue weighted by Gasteiger charge is 2.21. The Bertz CT molecular complexity index is 762. The molecular weight excluding hydrogens is 342 g/mol. The number of carbonyl (C=O) groups excluding carboxylic acids is 2. The van der Waals surface area contributed by atoms with Crippen LogP contribution < -0.4 is 16.0 Å². The van der Waals surface area contributed by atoms with Gasteiger partial charge in [-0.2, -0.15) is 0 Å². The van der Waals surface area contributed by atoms with E-state index < -0.39 is 12.1 Å². The SMILES string of the molecule is CO[C@@H](C)C(=O)Nc1cccc(N[C@@H](C(=O)NC(C)C)c2ccccc2)c1. The number of rotatable bonds is 8. The van der Waals surface area contributed by atoms with Crippen molar-refractivity contribution in [3.05, 3.63) is 60.2 Å².